The molecule has 2 N–H and O–H groups in total. The summed E-state index contributed by atoms with van der Waals surface area (Å²) in [5.74, 6) is 0.0163. The zero-order valence-corrected chi connectivity index (χ0v) is 17.3. The second-order valence-electron chi connectivity index (χ2n) is 7.08. The number of piperazine rings is 1. The van der Waals surface area contributed by atoms with Gasteiger partial charge in [0.05, 0.1) is 6.54 Å². The van der Waals surface area contributed by atoms with Crippen LogP contribution in [0.5, 0.6) is 0 Å². The van der Waals surface area contributed by atoms with Crippen LogP contribution in [0.25, 0.3) is 0 Å². The Bertz CT molecular complexity index is 739. The number of likely N-dealkylation sites (N-methyl/N-ethyl adjacent to an activating group) is 1. The molecule has 146 valence electrons. The smallest absolute Gasteiger partial charge is 0.242 e. The minimum absolute atomic E-state index is 0.0163. The van der Waals surface area contributed by atoms with Gasteiger partial charge >= 0.3 is 0 Å². The van der Waals surface area contributed by atoms with Crippen molar-refractivity contribution in [3.8, 4) is 0 Å². The molecule has 1 aliphatic heterocycles. The van der Waals surface area contributed by atoms with Gasteiger partial charge in [0.2, 0.25) is 5.91 Å². The highest BCUT2D eigenvalue weighted by Crippen LogP contribution is 2.24. The molecule has 5 nitrogen and oxygen atoms in total. The Labute approximate surface area is 166 Å². The van der Waals surface area contributed by atoms with E-state index in [9.17, 15) is 4.79 Å². The number of benzene rings is 1. The van der Waals surface area contributed by atoms with Crippen LogP contribution in [-0.2, 0) is 11.3 Å². The fraction of sp³-hybridized carbons (Fsp3) is 0.476. The molecule has 1 aliphatic rings. The molecule has 1 saturated heterocycles. The van der Waals surface area contributed by atoms with Crippen molar-refractivity contribution in [2.45, 2.75) is 33.4 Å². The van der Waals surface area contributed by atoms with Crippen molar-refractivity contribution in [1.29, 1.82) is 0 Å². The lowest BCUT2D eigenvalue weighted by molar-refractivity contribution is -0.121. The number of nitrogens with one attached hydrogen (secondary N) is 2. The minimum Gasteiger partial charge on any atom is -0.374 e. The van der Waals surface area contributed by atoms with Gasteiger partial charge in [-0.05, 0) is 55.6 Å². The molecule has 1 aromatic heterocycles. The van der Waals surface area contributed by atoms with Gasteiger partial charge in [0.25, 0.3) is 0 Å². The number of carbonyl (C=O) groups is 1. The summed E-state index contributed by atoms with van der Waals surface area (Å²) in [6.45, 7) is 12.3. The Kier molecular flexibility index (Phi) is 6.74. The number of rotatable bonds is 7. The van der Waals surface area contributed by atoms with E-state index in [-0.39, 0.29) is 11.9 Å². The number of nitrogens with zero attached hydrogens (tertiary/aromatic N) is 2. The molecule has 0 radical (unpaired) electrons. The average molecular weight is 387 g/mol. The lowest BCUT2D eigenvalue weighted by atomic mass is 10.1. The summed E-state index contributed by atoms with van der Waals surface area (Å²) in [6, 6.07) is 10.2. The Morgan fingerprint density at radius 1 is 1.22 bits per heavy atom. The molecular weight excluding hydrogens is 356 g/mol. The molecule has 3 rings (SSSR count). The second-order valence-corrected chi connectivity index (χ2v) is 8.12. The van der Waals surface area contributed by atoms with Crippen molar-refractivity contribution in [2.24, 2.45) is 0 Å². The van der Waals surface area contributed by atoms with Gasteiger partial charge in [-0.1, -0.05) is 13.0 Å². The third-order valence-corrected chi connectivity index (χ3v) is 6.05. The zero-order valence-electron chi connectivity index (χ0n) is 16.5. The number of amides is 1. The average Bonchev–Trinajstić information content (AvgIpc) is 3.21. The van der Waals surface area contributed by atoms with Crippen LogP contribution in [0.4, 0.5) is 11.4 Å². The lowest BCUT2D eigenvalue weighted by Crippen LogP contribution is -2.46. The molecule has 2 aromatic rings. The van der Waals surface area contributed by atoms with Gasteiger partial charge in [0.1, 0.15) is 6.04 Å². The van der Waals surface area contributed by atoms with E-state index in [0.29, 0.717) is 6.54 Å². The molecule has 1 atom stereocenters. The highest BCUT2D eigenvalue weighted by molar-refractivity contribution is 7.09. The van der Waals surface area contributed by atoms with Crippen LogP contribution in [0.3, 0.4) is 0 Å². The summed E-state index contributed by atoms with van der Waals surface area (Å²) in [4.78, 5) is 18.4. The predicted molar refractivity (Wildman–Crippen MR) is 115 cm³/mol. The van der Waals surface area contributed by atoms with E-state index in [0.717, 1.165) is 38.4 Å². The Morgan fingerprint density at radius 3 is 2.63 bits per heavy atom. The van der Waals surface area contributed by atoms with Crippen molar-refractivity contribution in [3.63, 3.8) is 0 Å². The SMILES string of the molecule is CCN1CCN(c2ccc(N[C@@H](C)C(=O)NCc3cccs3)c(C)c2)CC1. The predicted octanol–water partition coefficient (Wildman–Crippen LogP) is 3.32. The molecule has 2 heterocycles. The quantitative estimate of drug-likeness (QED) is 0.766. The largest absolute Gasteiger partial charge is 0.374 e. The maximum absolute atomic E-state index is 12.3. The molecular formula is C21H30N4OS. The number of anilines is 2. The molecule has 27 heavy (non-hydrogen) atoms. The topological polar surface area (TPSA) is 47.6 Å². The number of aryl methyl sites for hydroxylation is 1. The molecule has 0 aliphatic carbocycles. The van der Waals surface area contributed by atoms with Gasteiger partial charge < -0.3 is 20.4 Å². The fourth-order valence-electron chi connectivity index (χ4n) is 3.37. The van der Waals surface area contributed by atoms with Gasteiger partial charge in [-0.25, -0.2) is 0 Å². The zero-order chi connectivity index (χ0) is 19.2. The molecule has 1 aromatic carbocycles. The van der Waals surface area contributed by atoms with Crippen molar-refractivity contribution in [2.75, 3.05) is 42.9 Å². The van der Waals surface area contributed by atoms with E-state index in [1.165, 1.54) is 16.1 Å². The molecule has 1 amide bonds. The lowest BCUT2D eigenvalue weighted by Gasteiger charge is -2.35. The summed E-state index contributed by atoms with van der Waals surface area (Å²) in [7, 11) is 0. The molecule has 0 saturated carbocycles. The van der Waals surface area contributed by atoms with Crippen molar-refractivity contribution >= 4 is 28.6 Å². The van der Waals surface area contributed by atoms with Crippen LogP contribution in [0.15, 0.2) is 35.7 Å². The molecule has 6 heteroatoms. The highest BCUT2D eigenvalue weighted by atomic mass is 32.1. The van der Waals surface area contributed by atoms with E-state index >= 15 is 0 Å². The van der Waals surface area contributed by atoms with Crippen LogP contribution in [0.1, 0.15) is 24.3 Å². The van der Waals surface area contributed by atoms with E-state index < -0.39 is 0 Å². The third kappa shape index (κ3) is 5.23. The number of thiophene rings is 1. The third-order valence-electron chi connectivity index (χ3n) is 5.18. The van der Waals surface area contributed by atoms with Crippen LogP contribution in [0, 0.1) is 6.92 Å². The standard InChI is InChI=1S/C21H30N4OS/c1-4-24-9-11-25(12-10-24)18-7-8-20(16(2)14-18)23-17(3)21(26)22-15-19-6-5-13-27-19/h5-8,13-14,17,23H,4,9-12,15H2,1-3H3,(H,22,26)/t17-/m0/s1. The number of hydrogen-bond donors (Lipinski definition) is 2. The minimum atomic E-state index is -0.275. The van der Waals surface area contributed by atoms with Crippen molar-refractivity contribution in [3.05, 3.63) is 46.2 Å². The first-order chi connectivity index (χ1) is 13.1. The summed E-state index contributed by atoms with van der Waals surface area (Å²) in [5, 5.41) is 8.37. The Morgan fingerprint density at radius 2 is 2.00 bits per heavy atom. The first-order valence-corrected chi connectivity index (χ1v) is 10.6. The maximum Gasteiger partial charge on any atom is 0.242 e. The van der Waals surface area contributed by atoms with Crippen molar-refractivity contribution in [1.82, 2.24) is 10.2 Å². The number of hydrogen-bond acceptors (Lipinski definition) is 5. The van der Waals surface area contributed by atoms with Crippen LogP contribution >= 0.6 is 11.3 Å². The molecule has 0 spiro atoms. The summed E-state index contributed by atoms with van der Waals surface area (Å²) >= 11 is 1.66. The maximum atomic E-state index is 12.3. The summed E-state index contributed by atoms with van der Waals surface area (Å²) in [5.41, 5.74) is 3.46. The van der Waals surface area contributed by atoms with E-state index in [1.54, 1.807) is 11.3 Å². The van der Waals surface area contributed by atoms with Crippen LogP contribution in [-0.4, -0.2) is 49.6 Å². The monoisotopic (exact) mass is 386 g/mol. The Balaban J connectivity index is 1.54. The van der Waals surface area contributed by atoms with Gasteiger partial charge in [0, 0.05) is 42.4 Å². The number of carbonyl (C=O) groups excluding carboxylic acids is 1. The van der Waals surface area contributed by atoms with Crippen LogP contribution < -0.4 is 15.5 Å². The second kappa shape index (κ2) is 9.24. The Hall–Kier alpha value is -2.05. The first-order valence-electron chi connectivity index (χ1n) is 9.71. The highest BCUT2D eigenvalue weighted by Gasteiger charge is 2.17. The fourth-order valence-corrected chi connectivity index (χ4v) is 4.01. The van der Waals surface area contributed by atoms with Gasteiger partial charge in [-0.15, -0.1) is 11.3 Å². The van der Waals surface area contributed by atoms with E-state index in [4.69, 9.17) is 0 Å². The molecule has 0 bridgehead atoms. The normalized spacial score (nSPS) is 16.2. The van der Waals surface area contributed by atoms with Gasteiger partial charge in [-0.2, -0.15) is 0 Å². The van der Waals surface area contributed by atoms with E-state index in [2.05, 4.69) is 52.5 Å². The van der Waals surface area contributed by atoms with Crippen molar-refractivity contribution < 1.29 is 4.79 Å². The summed E-state index contributed by atoms with van der Waals surface area (Å²) in [6.07, 6.45) is 0. The first kappa shape index (κ1) is 19.7. The van der Waals surface area contributed by atoms with Crippen LogP contribution in [0.2, 0.25) is 0 Å². The van der Waals surface area contributed by atoms with Gasteiger partial charge in [0.15, 0.2) is 0 Å². The molecule has 0 unspecified atom stereocenters. The van der Waals surface area contributed by atoms with Gasteiger partial charge in [-0.3, -0.25) is 4.79 Å². The van der Waals surface area contributed by atoms with E-state index in [1.807, 2.05) is 24.4 Å². The molecule has 1 fully saturated rings. The summed E-state index contributed by atoms with van der Waals surface area (Å²) < 4.78 is 0.